The van der Waals surface area contributed by atoms with Gasteiger partial charge in [0.2, 0.25) is 10.0 Å². The van der Waals surface area contributed by atoms with Crippen molar-refractivity contribution < 1.29 is 35.9 Å². The molecule has 0 atom stereocenters. The van der Waals surface area contributed by atoms with Crippen LogP contribution in [0.5, 0.6) is 0 Å². The highest BCUT2D eigenvalue weighted by Gasteiger charge is 2.28. The summed E-state index contributed by atoms with van der Waals surface area (Å²) in [5.74, 6) is -1.78. The van der Waals surface area contributed by atoms with E-state index in [2.05, 4.69) is 4.74 Å². The van der Waals surface area contributed by atoms with Gasteiger partial charge < -0.3 is 10.1 Å². The van der Waals surface area contributed by atoms with E-state index >= 15 is 0 Å². The molecular weight excluding hydrogens is 413 g/mol. The minimum Gasteiger partial charge on any atom is -0.456 e. The molecule has 0 saturated carbocycles. The van der Waals surface area contributed by atoms with Crippen LogP contribution in [0.2, 0.25) is 0 Å². The summed E-state index contributed by atoms with van der Waals surface area (Å²) >= 11 is 0. The van der Waals surface area contributed by atoms with Gasteiger partial charge in [-0.2, -0.15) is 17.5 Å². The number of benzene rings is 1. The van der Waals surface area contributed by atoms with E-state index in [-0.39, 0.29) is 17.7 Å². The van der Waals surface area contributed by atoms with Crippen molar-refractivity contribution in [1.82, 2.24) is 9.62 Å². The number of carbonyl (C=O) groups is 2. The number of aryl methyl sites for hydroxylation is 1. The number of nitrogens with zero attached hydrogens (tertiary/aromatic N) is 1. The second kappa shape index (κ2) is 10.1. The summed E-state index contributed by atoms with van der Waals surface area (Å²) in [4.78, 5) is 23.0. The number of sulfonamides is 1. The van der Waals surface area contributed by atoms with Gasteiger partial charge in [-0.1, -0.05) is 18.6 Å². The van der Waals surface area contributed by atoms with Gasteiger partial charge in [-0.25, -0.2) is 8.42 Å². The van der Waals surface area contributed by atoms with Gasteiger partial charge in [0.1, 0.15) is 6.54 Å². The summed E-state index contributed by atoms with van der Waals surface area (Å²) in [7, 11) is -3.53. The number of hydrogen-bond acceptors (Lipinski definition) is 5. The molecule has 1 heterocycles. The van der Waals surface area contributed by atoms with Crippen LogP contribution in [0.25, 0.3) is 0 Å². The largest absolute Gasteiger partial charge is 0.456 e. The van der Waals surface area contributed by atoms with Crippen LogP contribution < -0.4 is 5.32 Å². The van der Waals surface area contributed by atoms with Crippen LogP contribution in [0, 0.1) is 0 Å². The Kier molecular flexibility index (Phi) is 8.03. The molecule has 11 heteroatoms. The second-order valence-corrected chi connectivity index (χ2v) is 8.60. The molecule has 0 aromatic heterocycles. The van der Waals surface area contributed by atoms with Gasteiger partial charge >= 0.3 is 12.1 Å². The first-order valence-electron chi connectivity index (χ1n) is 9.16. The number of carbonyl (C=O) groups excluding carboxylic acids is 2. The average Bonchev–Trinajstić information content (AvgIpc) is 2.69. The first-order chi connectivity index (χ1) is 13.6. The summed E-state index contributed by atoms with van der Waals surface area (Å²) in [5.41, 5.74) is 0.695. The van der Waals surface area contributed by atoms with E-state index in [4.69, 9.17) is 0 Å². The monoisotopic (exact) mass is 436 g/mol. The van der Waals surface area contributed by atoms with Crippen molar-refractivity contribution in [2.45, 2.75) is 43.2 Å². The molecule has 0 radical (unpaired) electrons. The number of halogens is 3. The van der Waals surface area contributed by atoms with Crippen LogP contribution >= 0.6 is 0 Å². The molecule has 1 aromatic rings. The first-order valence-corrected chi connectivity index (χ1v) is 10.6. The van der Waals surface area contributed by atoms with Crippen LogP contribution in [0.15, 0.2) is 29.2 Å². The first kappa shape index (κ1) is 23.1. The normalized spacial score (nSPS) is 15.7. The Morgan fingerprint density at radius 3 is 2.28 bits per heavy atom. The van der Waals surface area contributed by atoms with E-state index in [1.165, 1.54) is 16.4 Å². The van der Waals surface area contributed by atoms with Crippen molar-refractivity contribution in [3.05, 3.63) is 29.8 Å². The summed E-state index contributed by atoms with van der Waals surface area (Å²) in [6.45, 7) is -1.27. The highest BCUT2D eigenvalue weighted by atomic mass is 32.2. The predicted octanol–water partition coefficient (Wildman–Crippen LogP) is 2.02. The lowest BCUT2D eigenvalue weighted by Gasteiger charge is -2.25. The zero-order valence-corrected chi connectivity index (χ0v) is 16.5. The standard InChI is InChI=1S/C18H23F3N2O5S/c19-18(20,21)13-22-16(24)12-28-17(25)9-6-14-4-7-15(8-5-14)29(26,27)23-10-2-1-3-11-23/h4-5,7-8H,1-3,6,9-13H2,(H,22,24). The molecule has 162 valence electrons. The lowest BCUT2D eigenvalue weighted by molar-refractivity contribution is -0.151. The highest BCUT2D eigenvalue weighted by molar-refractivity contribution is 7.89. The van der Waals surface area contributed by atoms with Gasteiger partial charge in [0, 0.05) is 19.5 Å². The molecule has 1 amide bonds. The van der Waals surface area contributed by atoms with Crippen LogP contribution in [-0.4, -0.2) is 57.0 Å². The Hall–Kier alpha value is -2.14. The molecule has 0 bridgehead atoms. The molecule has 1 N–H and O–H groups in total. The Balaban J connectivity index is 1.78. The third-order valence-corrected chi connectivity index (χ3v) is 6.26. The fraction of sp³-hybridized carbons (Fsp3) is 0.556. The van der Waals surface area contributed by atoms with E-state index in [1.807, 2.05) is 0 Å². The van der Waals surface area contributed by atoms with E-state index in [0.29, 0.717) is 18.7 Å². The van der Waals surface area contributed by atoms with Gasteiger partial charge in [0.25, 0.3) is 5.91 Å². The second-order valence-electron chi connectivity index (χ2n) is 6.66. The van der Waals surface area contributed by atoms with Gasteiger partial charge in [0.15, 0.2) is 6.61 Å². The fourth-order valence-electron chi connectivity index (χ4n) is 2.80. The molecule has 29 heavy (non-hydrogen) atoms. The number of alkyl halides is 3. The van der Waals surface area contributed by atoms with Crippen molar-refractivity contribution in [3.8, 4) is 0 Å². The lowest BCUT2D eigenvalue weighted by atomic mass is 10.1. The summed E-state index contributed by atoms with van der Waals surface area (Å²) < 4.78 is 67.1. The molecule has 0 aliphatic carbocycles. The van der Waals surface area contributed by atoms with Crippen molar-refractivity contribution in [2.24, 2.45) is 0 Å². The number of amides is 1. The maximum atomic E-state index is 12.6. The van der Waals surface area contributed by atoms with Crippen LogP contribution in [0.1, 0.15) is 31.2 Å². The molecule has 1 saturated heterocycles. The average molecular weight is 436 g/mol. The summed E-state index contributed by atoms with van der Waals surface area (Å²) in [6.07, 6.45) is -1.68. The minimum absolute atomic E-state index is 0.0925. The Morgan fingerprint density at radius 1 is 1.07 bits per heavy atom. The van der Waals surface area contributed by atoms with Crippen LogP contribution in [-0.2, 0) is 30.8 Å². The number of esters is 1. The van der Waals surface area contributed by atoms with Gasteiger partial charge in [-0.05, 0) is 37.0 Å². The van der Waals surface area contributed by atoms with Crippen molar-refractivity contribution >= 4 is 21.9 Å². The third-order valence-electron chi connectivity index (χ3n) is 4.34. The summed E-state index contributed by atoms with van der Waals surface area (Å²) in [5, 5.41) is 1.60. The third kappa shape index (κ3) is 7.65. The molecule has 1 aliphatic heterocycles. The molecule has 1 fully saturated rings. The number of rotatable bonds is 8. The molecule has 1 aromatic carbocycles. The fourth-order valence-corrected chi connectivity index (χ4v) is 4.31. The Morgan fingerprint density at radius 2 is 1.69 bits per heavy atom. The zero-order valence-electron chi connectivity index (χ0n) is 15.7. The van der Waals surface area contributed by atoms with Crippen LogP contribution in [0.3, 0.4) is 0 Å². The molecule has 2 rings (SSSR count). The van der Waals surface area contributed by atoms with Gasteiger partial charge in [-0.15, -0.1) is 0 Å². The van der Waals surface area contributed by atoms with E-state index < -0.39 is 41.2 Å². The van der Waals surface area contributed by atoms with Gasteiger partial charge in [-0.3, -0.25) is 9.59 Å². The minimum atomic E-state index is -4.53. The quantitative estimate of drug-likeness (QED) is 0.630. The number of piperidine rings is 1. The zero-order chi connectivity index (χ0) is 21.5. The smallest absolute Gasteiger partial charge is 0.405 e. The highest BCUT2D eigenvalue weighted by Crippen LogP contribution is 2.21. The van der Waals surface area contributed by atoms with Crippen molar-refractivity contribution in [1.29, 1.82) is 0 Å². The molecule has 7 nitrogen and oxygen atoms in total. The topological polar surface area (TPSA) is 92.8 Å². The maximum absolute atomic E-state index is 12.6. The lowest BCUT2D eigenvalue weighted by Crippen LogP contribution is -2.36. The molecule has 0 unspecified atom stereocenters. The molecular formula is C18H23F3N2O5S. The van der Waals surface area contributed by atoms with E-state index in [0.717, 1.165) is 19.3 Å². The Labute approximate surface area is 167 Å². The Bertz CT molecular complexity index is 804. The maximum Gasteiger partial charge on any atom is 0.405 e. The van der Waals surface area contributed by atoms with Crippen molar-refractivity contribution in [3.63, 3.8) is 0 Å². The molecule has 0 spiro atoms. The van der Waals surface area contributed by atoms with Gasteiger partial charge in [0.05, 0.1) is 4.90 Å². The number of hydrogen-bond donors (Lipinski definition) is 1. The predicted molar refractivity (Wildman–Crippen MR) is 97.4 cm³/mol. The van der Waals surface area contributed by atoms with Crippen LogP contribution in [0.4, 0.5) is 13.2 Å². The number of nitrogens with one attached hydrogen (secondary N) is 1. The summed E-state index contributed by atoms with van der Waals surface area (Å²) in [6, 6.07) is 6.16. The molecule has 1 aliphatic rings. The van der Waals surface area contributed by atoms with E-state index in [1.54, 1.807) is 17.4 Å². The SMILES string of the molecule is O=C(COC(=O)CCc1ccc(S(=O)(=O)N2CCCCC2)cc1)NCC(F)(F)F. The number of ether oxygens (including phenoxy) is 1. The van der Waals surface area contributed by atoms with Crippen molar-refractivity contribution in [2.75, 3.05) is 26.2 Å². The van der Waals surface area contributed by atoms with E-state index in [9.17, 15) is 31.2 Å².